The fourth-order valence-corrected chi connectivity index (χ4v) is 2.98. The number of nitrogens with zero attached hydrogens (tertiary/aromatic N) is 1. The topological polar surface area (TPSA) is 44.0 Å². The van der Waals surface area contributed by atoms with Crippen molar-refractivity contribution >= 4 is 17.4 Å². The van der Waals surface area contributed by atoms with Crippen molar-refractivity contribution in [1.82, 2.24) is 0 Å². The summed E-state index contributed by atoms with van der Waals surface area (Å²) in [6.07, 6.45) is 9.50. The van der Waals surface area contributed by atoms with Gasteiger partial charge in [0, 0.05) is 18.6 Å². The summed E-state index contributed by atoms with van der Waals surface area (Å²) in [6.45, 7) is 7.42. The van der Waals surface area contributed by atoms with Crippen LogP contribution >= 0.6 is 11.6 Å². The fourth-order valence-electron chi connectivity index (χ4n) is 2.71. The molecule has 1 aromatic heterocycles. The molecule has 1 atom stereocenters. The van der Waals surface area contributed by atoms with Gasteiger partial charge < -0.3 is 5.11 Å². The minimum atomic E-state index is -1.90. The number of halogens is 1. The van der Waals surface area contributed by atoms with Crippen LogP contribution in [0.3, 0.4) is 0 Å². The Balaban J connectivity index is 2.73. The van der Waals surface area contributed by atoms with Crippen molar-refractivity contribution in [3.05, 3.63) is 41.7 Å². The van der Waals surface area contributed by atoms with Crippen LogP contribution in [-0.4, -0.2) is 5.78 Å². The molecule has 0 fully saturated rings. The van der Waals surface area contributed by atoms with Crippen molar-refractivity contribution in [2.75, 3.05) is 0 Å². The van der Waals surface area contributed by atoms with Gasteiger partial charge in [0.15, 0.2) is 11.9 Å². The summed E-state index contributed by atoms with van der Waals surface area (Å²) in [5.74, 6) is -0.485. The van der Waals surface area contributed by atoms with E-state index in [1.54, 1.807) is 31.3 Å². The van der Waals surface area contributed by atoms with Gasteiger partial charge in [0.25, 0.3) is 5.15 Å². The monoisotopic (exact) mass is 337 g/mol. The Morgan fingerprint density at radius 2 is 1.83 bits per heavy atom. The van der Waals surface area contributed by atoms with E-state index in [0.29, 0.717) is 6.42 Å². The number of unbranched alkanes of at least 4 members (excludes halogenated alkanes) is 6. The van der Waals surface area contributed by atoms with Crippen LogP contribution in [0.2, 0.25) is 5.15 Å². The molecule has 1 heterocycles. The zero-order valence-electron chi connectivity index (χ0n) is 14.3. The molecule has 0 aliphatic rings. The molecule has 0 radical (unpaired) electrons. The number of aromatic nitrogens is 1. The van der Waals surface area contributed by atoms with Gasteiger partial charge in [0.1, 0.15) is 0 Å². The number of pyridine rings is 1. The van der Waals surface area contributed by atoms with E-state index in [-0.39, 0.29) is 17.1 Å². The Kier molecular flexibility index (Phi) is 8.49. The van der Waals surface area contributed by atoms with Crippen LogP contribution in [0.25, 0.3) is 0 Å². The third-order valence-electron chi connectivity index (χ3n) is 4.06. The molecule has 0 saturated carbocycles. The summed E-state index contributed by atoms with van der Waals surface area (Å²) in [5.41, 5.74) is -1.62. The van der Waals surface area contributed by atoms with Crippen LogP contribution in [0.4, 0.5) is 0 Å². The van der Waals surface area contributed by atoms with Gasteiger partial charge in [-0.15, -0.1) is 0 Å². The summed E-state index contributed by atoms with van der Waals surface area (Å²) in [5, 5.41) is 13.5. The minimum Gasteiger partial charge on any atom is -0.789 e. The van der Waals surface area contributed by atoms with Crippen molar-refractivity contribution < 1.29 is 14.5 Å². The Labute approximate surface area is 145 Å². The average molecular weight is 338 g/mol. The Hall–Kier alpha value is -1.19. The first-order valence-corrected chi connectivity index (χ1v) is 8.88. The van der Waals surface area contributed by atoms with Gasteiger partial charge >= 0.3 is 0 Å². The van der Waals surface area contributed by atoms with Crippen LogP contribution in [0.1, 0.15) is 65.2 Å². The molecule has 0 aliphatic heterocycles. The van der Waals surface area contributed by atoms with Gasteiger partial charge in [0.05, 0.1) is 0 Å². The van der Waals surface area contributed by atoms with Crippen LogP contribution in [0.5, 0.6) is 0 Å². The predicted octanol–water partition coefficient (Wildman–Crippen LogP) is 3.93. The molecule has 4 heteroatoms. The molecular weight excluding hydrogens is 310 g/mol. The molecule has 0 saturated heterocycles. The zero-order valence-corrected chi connectivity index (χ0v) is 15.1. The zero-order chi connectivity index (χ0) is 17.3. The molecule has 3 nitrogen and oxygen atoms in total. The van der Waals surface area contributed by atoms with E-state index in [4.69, 9.17) is 11.6 Å². The third kappa shape index (κ3) is 5.74. The van der Waals surface area contributed by atoms with Crippen LogP contribution in [0.15, 0.2) is 36.5 Å². The van der Waals surface area contributed by atoms with Gasteiger partial charge in [-0.1, -0.05) is 52.0 Å². The summed E-state index contributed by atoms with van der Waals surface area (Å²) < 4.78 is 1.34. The van der Waals surface area contributed by atoms with Gasteiger partial charge in [-0.3, -0.25) is 4.79 Å². The van der Waals surface area contributed by atoms with Crippen molar-refractivity contribution in [2.24, 2.45) is 0 Å². The molecule has 0 amide bonds. The molecule has 128 valence electrons. The van der Waals surface area contributed by atoms with Gasteiger partial charge in [-0.25, -0.2) is 0 Å². The first-order valence-electron chi connectivity index (χ1n) is 8.51. The van der Waals surface area contributed by atoms with Crippen LogP contribution < -0.4 is 9.67 Å². The maximum absolute atomic E-state index is 13.3. The van der Waals surface area contributed by atoms with Crippen molar-refractivity contribution in [2.45, 2.75) is 70.9 Å². The second kappa shape index (κ2) is 9.84. The van der Waals surface area contributed by atoms with E-state index in [9.17, 15) is 9.90 Å². The largest absolute Gasteiger partial charge is 0.789 e. The first-order chi connectivity index (χ1) is 10.9. The lowest BCUT2D eigenvalue weighted by atomic mass is 9.95. The average Bonchev–Trinajstić information content (AvgIpc) is 2.53. The molecule has 23 heavy (non-hydrogen) atoms. The molecule has 0 aliphatic carbocycles. The summed E-state index contributed by atoms with van der Waals surface area (Å²) in [4.78, 5) is 12.4. The summed E-state index contributed by atoms with van der Waals surface area (Å²) in [7, 11) is 0. The summed E-state index contributed by atoms with van der Waals surface area (Å²) >= 11 is 6.14. The molecular formula is C19H28ClNO2. The normalized spacial score (nSPS) is 13.6. The fraction of sp³-hybridized carbons (Fsp3) is 0.579. The Bertz CT molecular complexity index is 530. The smallest absolute Gasteiger partial charge is 0.274 e. The number of carbonyl (C=O) groups excluding carboxylic acids is 1. The van der Waals surface area contributed by atoms with Crippen molar-refractivity contribution in [3.63, 3.8) is 0 Å². The van der Waals surface area contributed by atoms with E-state index in [1.807, 2.05) is 0 Å². The first kappa shape index (κ1) is 19.9. The highest BCUT2D eigenvalue weighted by molar-refractivity contribution is 6.28. The van der Waals surface area contributed by atoms with E-state index >= 15 is 0 Å². The van der Waals surface area contributed by atoms with Gasteiger partial charge in [0.2, 0.25) is 5.78 Å². The van der Waals surface area contributed by atoms with Gasteiger partial charge in [-0.2, -0.15) is 4.57 Å². The molecule has 1 rings (SSSR count). The molecule has 0 N–H and O–H groups in total. The minimum absolute atomic E-state index is 0.237. The maximum atomic E-state index is 13.3. The standard InChI is InChI=1S/C19H28ClNO2/c1-4-5-6-7-8-9-11-14-19(23,18(22)16(2)3)21-15-12-10-13-17(21)20/h10,12-13,15H,2,4-9,11,14H2,1,3H3. The number of rotatable bonds is 11. The number of hydrogen-bond donors (Lipinski definition) is 0. The lowest BCUT2D eigenvalue weighted by Crippen LogP contribution is -2.69. The quantitative estimate of drug-likeness (QED) is 0.266. The van der Waals surface area contributed by atoms with Crippen LogP contribution in [0, 0.1) is 0 Å². The van der Waals surface area contributed by atoms with E-state index < -0.39 is 11.5 Å². The van der Waals surface area contributed by atoms with Crippen molar-refractivity contribution in [1.29, 1.82) is 0 Å². The number of carbonyl (C=O) groups is 1. The lowest BCUT2D eigenvalue weighted by Gasteiger charge is -2.33. The Morgan fingerprint density at radius 1 is 1.22 bits per heavy atom. The van der Waals surface area contributed by atoms with Crippen molar-refractivity contribution in [3.8, 4) is 0 Å². The second-order valence-corrected chi connectivity index (χ2v) is 6.55. The van der Waals surface area contributed by atoms with E-state index in [0.717, 1.165) is 12.8 Å². The predicted molar refractivity (Wildman–Crippen MR) is 92.1 cm³/mol. The number of Topliss-reactive ketones (excluding diaryl/α,β-unsaturated/α-hetero) is 1. The van der Waals surface area contributed by atoms with Gasteiger partial charge in [-0.05, 0) is 36.6 Å². The second-order valence-electron chi connectivity index (χ2n) is 6.16. The molecule has 0 spiro atoms. The lowest BCUT2D eigenvalue weighted by molar-refractivity contribution is -0.880. The van der Waals surface area contributed by atoms with E-state index in [1.165, 1.54) is 30.3 Å². The third-order valence-corrected chi connectivity index (χ3v) is 4.37. The molecule has 1 aromatic rings. The molecule has 1 unspecified atom stereocenters. The number of hydrogen-bond acceptors (Lipinski definition) is 2. The SMILES string of the molecule is C=C(C)C(=O)C([O-])(CCCCCCCCC)[n+]1ccccc1Cl. The Morgan fingerprint density at radius 3 is 2.39 bits per heavy atom. The molecule has 0 aromatic carbocycles. The highest BCUT2D eigenvalue weighted by atomic mass is 35.5. The highest BCUT2D eigenvalue weighted by Crippen LogP contribution is 2.20. The highest BCUT2D eigenvalue weighted by Gasteiger charge is 2.37. The molecule has 0 bridgehead atoms. The maximum Gasteiger partial charge on any atom is 0.274 e. The van der Waals surface area contributed by atoms with E-state index in [2.05, 4.69) is 13.5 Å². The summed E-state index contributed by atoms with van der Waals surface area (Å²) in [6, 6.07) is 5.10. The number of ketones is 1. The van der Waals surface area contributed by atoms with Crippen LogP contribution in [-0.2, 0) is 10.5 Å².